The zero-order valence-corrected chi connectivity index (χ0v) is 17.7. The van der Waals surface area contributed by atoms with E-state index >= 15 is 0 Å². The number of hydrogen-bond acceptors (Lipinski definition) is 8. The number of anilines is 2. The van der Waals surface area contributed by atoms with Crippen LogP contribution in [0.5, 0.6) is 0 Å². The molecule has 0 atom stereocenters. The molecule has 0 aliphatic carbocycles. The number of nitrogens with one attached hydrogen (secondary N) is 1. The number of methoxy groups -OCH3 is 1. The van der Waals surface area contributed by atoms with Crippen molar-refractivity contribution in [3.05, 3.63) is 65.4 Å². The highest BCUT2D eigenvalue weighted by atomic mass is 16.5. The third kappa shape index (κ3) is 5.44. The number of carbonyl (C=O) groups excluding carboxylic acids is 1. The summed E-state index contributed by atoms with van der Waals surface area (Å²) < 4.78 is 10.3. The first-order valence-electron chi connectivity index (χ1n) is 10.2. The highest BCUT2D eigenvalue weighted by molar-refractivity contribution is 6.04. The minimum Gasteiger partial charge on any atom is -0.377 e. The molecule has 2 aromatic heterocycles. The standard InChI is InChI=1S/C22H26N6O3/c1-16-3-6-18(7-4-16)24-22(29)17-5-8-20(23-13-17)28-11-9-27(10-12-28)14-21-25-19(15-30-2)26-31-21/h3-8,13H,9-12,14-15H2,1-2H3,(H,24,29). The van der Waals surface area contributed by atoms with E-state index in [0.29, 0.717) is 30.4 Å². The molecule has 0 spiro atoms. The van der Waals surface area contributed by atoms with E-state index in [2.05, 4.69) is 30.2 Å². The van der Waals surface area contributed by atoms with Gasteiger partial charge in [0.2, 0.25) is 5.89 Å². The van der Waals surface area contributed by atoms with Crippen LogP contribution in [0.4, 0.5) is 11.5 Å². The number of carbonyl (C=O) groups is 1. The van der Waals surface area contributed by atoms with Crippen LogP contribution in [0.25, 0.3) is 0 Å². The summed E-state index contributed by atoms with van der Waals surface area (Å²) in [5.41, 5.74) is 2.45. The van der Waals surface area contributed by atoms with Crippen LogP contribution in [0.3, 0.4) is 0 Å². The van der Waals surface area contributed by atoms with Gasteiger partial charge in [-0.2, -0.15) is 4.98 Å². The Labute approximate surface area is 181 Å². The number of amides is 1. The van der Waals surface area contributed by atoms with Gasteiger partial charge in [-0.05, 0) is 31.2 Å². The van der Waals surface area contributed by atoms with E-state index in [1.165, 1.54) is 0 Å². The van der Waals surface area contributed by atoms with Crippen molar-refractivity contribution in [3.8, 4) is 0 Å². The lowest BCUT2D eigenvalue weighted by Gasteiger charge is -2.34. The molecule has 1 amide bonds. The summed E-state index contributed by atoms with van der Waals surface area (Å²) in [4.78, 5) is 25.8. The van der Waals surface area contributed by atoms with Gasteiger partial charge in [0.15, 0.2) is 5.82 Å². The number of rotatable bonds is 7. The van der Waals surface area contributed by atoms with Gasteiger partial charge in [-0.25, -0.2) is 4.98 Å². The quantitative estimate of drug-likeness (QED) is 0.620. The molecule has 1 aromatic carbocycles. The minimum absolute atomic E-state index is 0.167. The van der Waals surface area contributed by atoms with Crippen molar-refractivity contribution in [2.75, 3.05) is 43.5 Å². The first kappa shape index (κ1) is 21.0. The number of nitrogens with zero attached hydrogens (tertiary/aromatic N) is 5. The summed E-state index contributed by atoms with van der Waals surface area (Å²) in [7, 11) is 1.60. The second-order valence-corrected chi connectivity index (χ2v) is 7.53. The van der Waals surface area contributed by atoms with Crippen LogP contribution in [0.2, 0.25) is 0 Å². The average Bonchev–Trinajstić information content (AvgIpc) is 3.23. The van der Waals surface area contributed by atoms with E-state index in [1.54, 1.807) is 13.3 Å². The Hall–Kier alpha value is -3.30. The van der Waals surface area contributed by atoms with Gasteiger partial charge in [-0.3, -0.25) is 9.69 Å². The van der Waals surface area contributed by atoms with E-state index in [4.69, 9.17) is 9.26 Å². The Morgan fingerprint density at radius 2 is 1.90 bits per heavy atom. The predicted octanol–water partition coefficient (Wildman–Crippen LogP) is 2.49. The van der Waals surface area contributed by atoms with E-state index in [0.717, 1.165) is 43.2 Å². The Morgan fingerprint density at radius 1 is 1.13 bits per heavy atom. The van der Waals surface area contributed by atoms with Crippen molar-refractivity contribution < 1.29 is 14.1 Å². The fourth-order valence-electron chi connectivity index (χ4n) is 3.42. The number of aromatic nitrogens is 3. The van der Waals surface area contributed by atoms with Crippen LogP contribution in [0, 0.1) is 6.92 Å². The zero-order chi connectivity index (χ0) is 21.6. The minimum atomic E-state index is -0.167. The maximum absolute atomic E-state index is 12.4. The summed E-state index contributed by atoms with van der Waals surface area (Å²) in [5.74, 6) is 1.86. The Morgan fingerprint density at radius 3 is 2.58 bits per heavy atom. The number of benzene rings is 1. The van der Waals surface area contributed by atoms with E-state index < -0.39 is 0 Å². The number of pyridine rings is 1. The largest absolute Gasteiger partial charge is 0.377 e. The first-order valence-corrected chi connectivity index (χ1v) is 10.2. The van der Waals surface area contributed by atoms with Crippen LogP contribution >= 0.6 is 0 Å². The fraction of sp³-hybridized carbons (Fsp3) is 0.364. The molecule has 0 saturated carbocycles. The van der Waals surface area contributed by atoms with Gasteiger partial charge in [-0.15, -0.1) is 0 Å². The zero-order valence-electron chi connectivity index (χ0n) is 17.7. The Bertz CT molecular complexity index is 995. The molecule has 4 rings (SSSR count). The SMILES string of the molecule is COCc1noc(CN2CCN(c3ccc(C(=O)Nc4ccc(C)cc4)cn3)CC2)n1. The van der Waals surface area contributed by atoms with Crippen LogP contribution in [-0.4, -0.2) is 59.2 Å². The topological polar surface area (TPSA) is 96.6 Å². The van der Waals surface area contributed by atoms with Crippen molar-refractivity contribution in [3.63, 3.8) is 0 Å². The van der Waals surface area contributed by atoms with Gasteiger partial charge in [0.1, 0.15) is 12.4 Å². The summed E-state index contributed by atoms with van der Waals surface area (Å²) in [6.07, 6.45) is 1.63. The fourth-order valence-corrected chi connectivity index (χ4v) is 3.42. The predicted molar refractivity (Wildman–Crippen MR) is 116 cm³/mol. The lowest BCUT2D eigenvalue weighted by Crippen LogP contribution is -2.46. The molecular formula is C22H26N6O3. The number of aryl methyl sites for hydroxylation is 1. The molecule has 1 saturated heterocycles. The van der Waals surface area contributed by atoms with Crippen molar-refractivity contribution in [1.82, 2.24) is 20.0 Å². The monoisotopic (exact) mass is 422 g/mol. The van der Waals surface area contributed by atoms with Gasteiger partial charge >= 0.3 is 0 Å². The average molecular weight is 422 g/mol. The van der Waals surface area contributed by atoms with Gasteiger partial charge in [0, 0.05) is 45.2 Å². The van der Waals surface area contributed by atoms with Gasteiger partial charge < -0.3 is 19.5 Å². The lowest BCUT2D eigenvalue weighted by molar-refractivity contribution is 0.102. The van der Waals surface area contributed by atoms with Gasteiger partial charge in [-0.1, -0.05) is 22.9 Å². The van der Waals surface area contributed by atoms with E-state index in [9.17, 15) is 4.79 Å². The summed E-state index contributed by atoms with van der Waals surface area (Å²) in [5, 5.41) is 6.79. The van der Waals surface area contributed by atoms with Crippen LogP contribution in [0.15, 0.2) is 47.1 Å². The van der Waals surface area contributed by atoms with Crippen molar-refractivity contribution in [2.24, 2.45) is 0 Å². The molecule has 31 heavy (non-hydrogen) atoms. The second-order valence-electron chi connectivity index (χ2n) is 7.53. The van der Waals surface area contributed by atoms with Gasteiger partial charge in [0.25, 0.3) is 5.91 Å². The second kappa shape index (κ2) is 9.67. The molecule has 3 heterocycles. The molecule has 162 valence electrons. The van der Waals surface area contributed by atoms with Gasteiger partial charge in [0.05, 0.1) is 12.1 Å². The third-order valence-corrected chi connectivity index (χ3v) is 5.16. The molecule has 0 radical (unpaired) electrons. The Kier molecular flexibility index (Phi) is 6.54. The number of hydrogen-bond donors (Lipinski definition) is 1. The van der Waals surface area contributed by atoms with E-state index in [-0.39, 0.29) is 5.91 Å². The van der Waals surface area contributed by atoms with E-state index in [1.807, 2.05) is 43.3 Å². The molecule has 1 aliphatic rings. The maximum atomic E-state index is 12.4. The first-order chi connectivity index (χ1) is 15.1. The lowest BCUT2D eigenvalue weighted by atomic mass is 10.2. The molecule has 1 fully saturated rings. The molecule has 0 unspecified atom stereocenters. The number of piperazine rings is 1. The third-order valence-electron chi connectivity index (χ3n) is 5.16. The normalized spacial score (nSPS) is 14.6. The molecule has 9 nitrogen and oxygen atoms in total. The van der Waals surface area contributed by atoms with Crippen LogP contribution in [0.1, 0.15) is 27.6 Å². The van der Waals surface area contributed by atoms with Crippen LogP contribution in [-0.2, 0) is 17.9 Å². The molecule has 1 N–H and O–H groups in total. The Balaban J connectivity index is 1.28. The highest BCUT2D eigenvalue weighted by Gasteiger charge is 2.20. The molecule has 0 bridgehead atoms. The summed E-state index contributed by atoms with van der Waals surface area (Å²) in [6.45, 7) is 6.37. The smallest absolute Gasteiger partial charge is 0.257 e. The van der Waals surface area contributed by atoms with Crippen molar-refractivity contribution >= 4 is 17.4 Å². The highest BCUT2D eigenvalue weighted by Crippen LogP contribution is 2.16. The summed E-state index contributed by atoms with van der Waals surface area (Å²) >= 11 is 0. The number of ether oxygens (including phenoxy) is 1. The molecular weight excluding hydrogens is 396 g/mol. The molecule has 3 aromatic rings. The molecule has 1 aliphatic heterocycles. The molecule has 9 heteroatoms. The maximum Gasteiger partial charge on any atom is 0.257 e. The van der Waals surface area contributed by atoms with Crippen LogP contribution < -0.4 is 10.2 Å². The van der Waals surface area contributed by atoms with Crippen molar-refractivity contribution in [1.29, 1.82) is 0 Å². The van der Waals surface area contributed by atoms with Crippen molar-refractivity contribution in [2.45, 2.75) is 20.1 Å². The summed E-state index contributed by atoms with van der Waals surface area (Å²) in [6, 6.07) is 11.4.